The van der Waals surface area contributed by atoms with Gasteiger partial charge >= 0.3 is 0 Å². The largest absolute Gasteiger partial charge is 0.497 e. The van der Waals surface area contributed by atoms with Gasteiger partial charge in [0.2, 0.25) is 0 Å². The zero-order valence-electron chi connectivity index (χ0n) is 17.7. The standard InChI is InChI=1S/C24H26N4O2.ClH/c1-27-22(16-6-4-3-5-7-16)12-21(26-27)24(29)28-15-18-13-25-14-20(18)23(28)17-8-10-19(30-2)11-9-17;/h3-12,18,20,23,25H,13-15H2,1-2H3;1H/t18-,20-,23+;/m0./s1. The molecule has 2 aliphatic heterocycles. The van der Waals surface area contributed by atoms with E-state index >= 15 is 0 Å². The lowest BCUT2D eigenvalue weighted by Crippen LogP contribution is -2.35. The van der Waals surface area contributed by atoms with Crippen LogP contribution in [0.25, 0.3) is 11.3 Å². The Hall–Kier alpha value is -2.83. The molecule has 1 N–H and O–H groups in total. The minimum atomic E-state index is 0. The number of rotatable bonds is 4. The van der Waals surface area contributed by atoms with Crippen molar-refractivity contribution >= 4 is 18.3 Å². The first kappa shape index (κ1) is 21.4. The molecule has 2 aliphatic rings. The van der Waals surface area contributed by atoms with Crippen LogP contribution < -0.4 is 10.1 Å². The van der Waals surface area contributed by atoms with Gasteiger partial charge in [-0.05, 0) is 35.2 Å². The molecule has 3 heterocycles. The number of carbonyl (C=O) groups excluding carboxylic acids is 1. The fraction of sp³-hybridized carbons (Fsp3) is 0.333. The summed E-state index contributed by atoms with van der Waals surface area (Å²) < 4.78 is 7.11. The summed E-state index contributed by atoms with van der Waals surface area (Å²) in [5, 5.41) is 8.07. The topological polar surface area (TPSA) is 59.4 Å². The summed E-state index contributed by atoms with van der Waals surface area (Å²) in [4.78, 5) is 15.6. The van der Waals surface area contributed by atoms with Gasteiger partial charge in [0.15, 0.2) is 5.69 Å². The number of nitrogens with zero attached hydrogens (tertiary/aromatic N) is 3. The molecule has 7 heteroatoms. The molecule has 0 radical (unpaired) electrons. The van der Waals surface area contributed by atoms with Gasteiger partial charge in [-0.15, -0.1) is 12.4 Å². The van der Waals surface area contributed by atoms with Crippen LogP contribution in [0.4, 0.5) is 0 Å². The van der Waals surface area contributed by atoms with Crippen LogP contribution in [0.5, 0.6) is 5.75 Å². The normalized spacial score (nSPS) is 22.1. The summed E-state index contributed by atoms with van der Waals surface area (Å²) in [7, 11) is 3.56. The monoisotopic (exact) mass is 438 g/mol. The van der Waals surface area contributed by atoms with E-state index in [1.807, 2.05) is 60.5 Å². The predicted octanol–water partition coefficient (Wildman–Crippen LogP) is 3.55. The molecule has 3 atom stereocenters. The number of hydrogen-bond acceptors (Lipinski definition) is 4. The molecule has 162 valence electrons. The molecule has 3 aromatic rings. The number of carbonyl (C=O) groups is 1. The van der Waals surface area contributed by atoms with Crippen molar-refractivity contribution in [2.24, 2.45) is 18.9 Å². The Bertz CT molecular complexity index is 1050. The summed E-state index contributed by atoms with van der Waals surface area (Å²) in [6, 6.07) is 20.1. The van der Waals surface area contributed by atoms with Crippen molar-refractivity contribution < 1.29 is 9.53 Å². The van der Waals surface area contributed by atoms with Gasteiger partial charge in [-0.1, -0.05) is 42.5 Å². The summed E-state index contributed by atoms with van der Waals surface area (Å²) in [6.45, 7) is 2.64. The molecule has 5 rings (SSSR count). The number of nitrogens with one attached hydrogen (secondary N) is 1. The number of methoxy groups -OCH3 is 1. The molecule has 2 saturated heterocycles. The Balaban J connectivity index is 0.00000231. The Morgan fingerprint density at radius 2 is 1.84 bits per heavy atom. The van der Waals surface area contributed by atoms with Gasteiger partial charge in [-0.3, -0.25) is 9.48 Å². The van der Waals surface area contributed by atoms with E-state index < -0.39 is 0 Å². The third-order valence-electron chi connectivity index (χ3n) is 6.45. The lowest BCUT2D eigenvalue weighted by Gasteiger charge is -2.28. The van der Waals surface area contributed by atoms with Crippen molar-refractivity contribution in [1.29, 1.82) is 0 Å². The van der Waals surface area contributed by atoms with Crippen LogP contribution >= 0.6 is 12.4 Å². The third-order valence-corrected chi connectivity index (χ3v) is 6.45. The highest BCUT2D eigenvalue weighted by atomic mass is 35.5. The number of aryl methyl sites for hydroxylation is 1. The number of aromatic nitrogens is 2. The van der Waals surface area contributed by atoms with Crippen LogP contribution in [0.3, 0.4) is 0 Å². The number of amides is 1. The molecule has 0 aliphatic carbocycles. The predicted molar refractivity (Wildman–Crippen MR) is 123 cm³/mol. The third kappa shape index (κ3) is 3.82. The highest BCUT2D eigenvalue weighted by Gasteiger charge is 2.47. The maximum absolute atomic E-state index is 13.6. The van der Waals surface area contributed by atoms with Crippen molar-refractivity contribution in [2.75, 3.05) is 26.7 Å². The maximum atomic E-state index is 13.6. The first-order valence-corrected chi connectivity index (χ1v) is 10.4. The van der Waals surface area contributed by atoms with Crippen LogP contribution in [0.2, 0.25) is 0 Å². The Labute approximate surface area is 188 Å². The Morgan fingerprint density at radius 3 is 2.55 bits per heavy atom. The second-order valence-corrected chi connectivity index (χ2v) is 8.16. The van der Waals surface area contributed by atoms with E-state index in [-0.39, 0.29) is 24.4 Å². The molecular formula is C24H27ClN4O2. The molecule has 1 aromatic heterocycles. The van der Waals surface area contributed by atoms with Crippen molar-refractivity contribution in [3.05, 3.63) is 71.9 Å². The van der Waals surface area contributed by atoms with Crippen LogP contribution in [0.15, 0.2) is 60.7 Å². The second kappa shape index (κ2) is 8.73. The van der Waals surface area contributed by atoms with Gasteiger partial charge in [-0.25, -0.2) is 0 Å². The van der Waals surface area contributed by atoms with Gasteiger partial charge in [-0.2, -0.15) is 5.10 Å². The number of benzene rings is 2. The van der Waals surface area contributed by atoms with Crippen molar-refractivity contribution in [3.8, 4) is 17.0 Å². The summed E-state index contributed by atoms with van der Waals surface area (Å²) >= 11 is 0. The summed E-state index contributed by atoms with van der Waals surface area (Å²) in [5.41, 5.74) is 3.66. The van der Waals surface area contributed by atoms with Gasteiger partial charge in [0.1, 0.15) is 5.75 Å². The average molecular weight is 439 g/mol. The molecule has 2 fully saturated rings. The van der Waals surface area contributed by atoms with E-state index in [2.05, 4.69) is 22.5 Å². The van der Waals surface area contributed by atoms with E-state index in [0.29, 0.717) is 17.5 Å². The molecule has 0 bridgehead atoms. The Morgan fingerprint density at radius 1 is 1.10 bits per heavy atom. The van der Waals surface area contributed by atoms with E-state index in [4.69, 9.17) is 4.74 Å². The molecule has 1 amide bonds. The van der Waals surface area contributed by atoms with Crippen LogP contribution in [-0.2, 0) is 7.05 Å². The molecule has 6 nitrogen and oxygen atoms in total. The lowest BCUT2D eigenvalue weighted by atomic mass is 9.89. The van der Waals surface area contributed by atoms with E-state index in [1.54, 1.807) is 11.8 Å². The minimum Gasteiger partial charge on any atom is -0.497 e. The van der Waals surface area contributed by atoms with Crippen molar-refractivity contribution in [1.82, 2.24) is 20.0 Å². The fourth-order valence-electron chi connectivity index (χ4n) is 4.96. The zero-order chi connectivity index (χ0) is 20.7. The number of likely N-dealkylation sites (tertiary alicyclic amines) is 1. The molecular weight excluding hydrogens is 412 g/mol. The summed E-state index contributed by atoms with van der Waals surface area (Å²) in [6.07, 6.45) is 0. The molecule has 2 aromatic carbocycles. The summed E-state index contributed by atoms with van der Waals surface area (Å²) in [5.74, 6) is 1.72. The fourth-order valence-corrected chi connectivity index (χ4v) is 4.96. The molecule has 0 unspecified atom stereocenters. The van der Waals surface area contributed by atoms with Crippen molar-refractivity contribution in [2.45, 2.75) is 6.04 Å². The quantitative estimate of drug-likeness (QED) is 0.676. The molecule has 0 spiro atoms. The second-order valence-electron chi connectivity index (χ2n) is 8.16. The number of hydrogen-bond donors (Lipinski definition) is 1. The first-order chi connectivity index (χ1) is 14.7. The van der Waals surface area contributed by atoms with E-state index in [1.165, 1.54) is 0 Å². The molecule has 31 heavy (non-hydrogen) atoms. The average Bonchev–Trinajstić information content (AvgIpc) is 3.48. The SMILES string of the molecule is COc1ccc([C@@H]2[C@H]3CNC[C@H]3CN2C(=O)c2cc(-c3ccccc3)n(C)n2)cc1.Cl. The van der Waals surface area contributed by atoms with Gasteiger partial charge in [0, 0.05) is 32.6 Å². The highest BCUT2D eigenvalue weighted by molar-refractivity contribution is 5.94. The first-order valence-electron chi connectivity index (χ1n) is 10.4. The minimum absolute atomic E-state index is 0. The highest BCUT2D eigenvalue weighted by Crippen LogP contribution is 2.43. The smallest absolute Gasteiger partial charge is 0.274 e. The number of halogens is 1. The zero-order valence-corrected chi connectivity index (χ0v) is 18.5. The maximum Gasteiger partial charge on any atom is 0.274 e. The number of fused-ring (bicyclic) bond motifs is 1. The van der Waals surface area contributed by atoms with Gasteiger partial charge in [0.05, 0.1) is 18.8 Å². The van der Waals surface area contributed by atoms with E-state index in [9.17, 15) is 4.79 Å². The van der Waals surface area contributed by atoms with Crippen LogP contribution in [0.1, 0.15) is 22.1 Å². The van der Waals surface area contributed by atoms with Crippen LogP contribution in [0, 0.1) is 11.8 Å². The van der Waals surface area contributed by atoms with Crippen molar-refractivity contribution in [3.63, 3.8) is 0 Å². The molecule has 0 saturated carbocycles. The Kier molecular flexibility index (Phi) is 6.03. The van der Waals surface area contributed by atoms with Gasteiger partial charge < -0.3 is 15.0 Å². The lowest BCUT2D eigenvalue weighted by molar-refractivity contribution is 0.0707. The van der Waals surface area contributed by atoms with Crippen LogP contribution in [-0.4, -0.2) is 47.3 Å². The van der Waals surface area contributed by atoms with E-state index in [0.717, 1.165) is 42.2 Å². The van der Waals surface area contributed by atoms with Gasteiger partial charge in [0.25, 0.3) is 5.91 Å². The number of ether oxygens (including phenoxy) is 1.